The molecule has 0 radical (unpaired) electrons. The molecule has 0 aliphatic heterocycles. The highest BCUT2D eigenvalue weighted by Crippen LogP contribution is 2.29. The topological polar surface area (TPSA) is 110 Å². The van der Waals surface area contributed by atoms with Gasteiger partial charge in [0.1, 0.15) is 11.8 Å². The Morgan fingerprint density at radius 2 is 2.13 bits per heavy atom. The number of aromatic hydroxyl groups is 1. The first kappa shape index (κ1) is 16.8. The molecule has 0 saturated carbocycles. The summed E-state index contributed by atoms with van der Waals surface area (Å²) in [4.78, 5) is 22.5. The molecule has 1 amide bonds. The van der Waals surface area contributed by atoms with Crippen molar-refractivity contribution in [3.8, 4) is 5.75 Å². The molecule has 1 heterocycles. The Hall–Kier alpha value is -2.61. The molecule has 0 spiro atoms. The van der Waals surface area contributed by atoms with Crippen molar-refractivity contribution in [1.82, 2.24) is 9.78 Å². The maximum atomic E-state index is 12.3. The Labute approximate surface area is 136 Å². The lowest BCUT2D eigenvalue weighted by molar-refractivity contribution is -0.384. The van der Waals surface area contributed by atoms with Crippen LogP contribution < -0.4 is 5.32 Å². The fourth-order valence-corrected chi connectivity index (χ4v) is 2.23. The number of aromatic nitrogens is 2. The van der Waals surface area contributed by atoms with Crippen LogP contribution >= 0.6 is 11.6 Å². The van der Waals surface area contributed by atoms with Gasteiger partial charge in [-0.1, -0.05) is 11.6 Å². The summed E-state index contributed by atoms with van der Waals surface area (Å²) in [6.45, 7) is 5.07. The number of nitro benzene ring substituents is 1. The molecule has 0 bridgehead atoms. The average Bonchev–Trinajstić information content (AvgIpc) is 2.76. The number of benzene rings is 1. The number of carbonyl (C=O) groups is 1. The number of aryl methyl sites for hydroxylation is 1. The highest BCUT2D eigenvalue weighted by molar-refractivity contribution is 6.31. The number of halogens is 1. The van der Waals surface area contributed by atoms with Gasteiger partial charge in [0, 0.05) is 12.1 Å². The van der Waals surface area contributed by atoms with Crippen molar-refractivity contribution in [3.05, 3.63) is 44.7 Å². The van der Waals surface area contributed by atoms with Crippen LogP contribution in [-0.4, -0.2) is 25.7 Å². The Bertz CT molecular complexity index is 787. The highest BCUT2D eigenvalue weighted by atomic mass is 35.5. The Balaban J connectivity index is 2.26. The van der Waals surface area contributed by atoms with E-state index in [2.05, 4.69) is 10.4 Å². The zero-order chi connectivity index (χ0) is 17.3. The summed E-state index contributed by atoms with van der Waals surface area (Å²) in [5, 5.41) is 27.6. The van der Waals surface area contributed by atoms with E-state index < -0.39 is 16.9 Å². The van der Waals surface area contributed by atoms with E-state index in [9.17, 15) is 20.0 Å². The van der Waals surface area contributed by atoms with Gasteiger partial charge in [0.15, 0.2) is 0 Å². The molecule has 2 rings (SSSR count). The third-order valence-corrected chi connectivity index (χ3v) is 3.98. The second kappa shape index (κ2) is 6.25. The van der Waals surface area contributed by atoms with E-state index in [0.29, 0.717) is 16.4 Å². The van der Waals surface area contributed by atoms with Gasteiger partial charge < -0.3 is 10.4 Å². The molecule has 8 nitrogen and oxygen atoms in total. The number of hydrogen-bond acceptors (Lipinski definition) is 5. The minimum atomic E-state index is -0.708. The fourth-order valence-electron chi connectivity index (χ4n) is 2.11. The quantitative estimate of drug-likeness (QED) is 0.506. The highest BCUT2D eigenvalue weighted by Gasteiger charge is 2.22. The Morgan fingerprint density at radius 3 is 2.65 bits per heavy atom. The minimum Gasteiger partial charge on any atom is -0.506 e. The number of amides is 1. The SMILES string of the molecule is Cc1nn(C(C)C(=O)Nc2cc([N+](=O)[O-])ccc2O)c(C)c1Cl. The molecule has 0 fully saturated rings. The van der Waals surface area contributed by atoms with Gasteiger partial charge in [-0.25, -0.2) is 0 Å². The van der Waals surface area contributed by atoms with Crippen LogP contribution in [0.3, 0.4) is 0 Å². The molecule has 9 heteroatoms. The lowest BCUT2D eigenvalue weighted by Gasteiger charge is -2.15. The number of nitro groups is 1. The standard InChI is InChI=1S/C14H15ClN4O4/c1-7-13(15)8(2)18(17-7)9(3)14(21)16-11-6-10(19(22)23)4-5-12(11)20/h4-6,9,20H,1-3H3,(H,16,21). The summed E-state index contributed by atoms with van der Waals surface area (Å²) in [5.41, 5.74) is 0.959. The average molecular weight is 339 g/mol. The zero-order valence-electron chi connectivity index (χ0n) is 12.7. The van der Waals surface area contributed by atoms with Crippen molar-refractivity contribution in [2.45, 2.75) is 26.8 Å². The van der Waals surface area contributed by atoms with E-state index in [1.165, 1.54) is 4.68 Å². The molecule has 2 N–H and O–H groups in total. The van der Waals surface area contributed by atoms with E-state index in [0.717, 1.165) is 18.2 Å². The number of nitrogens with zero attached hydrogens (tertiary/aromatic N) is 3. The van der Waals surface area contributed by atoms with Gasteiger partial charge in [-0.05, 0) is 26.8 Å². The van der Waals surface area contributed by atoms with Gasteiger partial charge in [-0.3, -0.25) is 19.6 Å². The molecule has 122 valence electrons. The normalized spacial score (nSPS) is 12.0. The number of carbonyl (C=O) groups excluding carboxylic acids is 1. The zero-order valence-corrected chi connectivity index (χ0v) is 13.5. The van der Waals surface area contributed by atoms with Crippen molar-refractivity contribution in [1.29, 1.82) is 0 Å². The van der Waals surface area contributed by atoms with Crippen molar-refractivity contribution >= 4 is 28.9 Å². The lowest BCUT2D eigenvalue weighted by Crippen LogP contribution is -2.25. The molecule has 2 aromatic rings. The smallest absolute Gasteiger partial charge is 0.271 e. The number of phenolic OH excluding ortho intramolecular Hbond substituents is 1. The summed E-state index contributed by atoms with van der Waals surface area (Å²) >= 11 is 6.06. The monoisotopic (exact) mass is 338 g/mol. The van der Waals surface area contributed by atoms with Crippen LogP contribution in [0.4, 0.5) is 11.4 Å². The summed E-state index contributed by atoms with van der Waals surface area (Å²) in [6.07, 6.45) is 0. The molecule has 23 heavy (non-hydrogen) atoms. The van der Waals surface area contributed by atoms with E-state index in [1.54, 1.807) is 20.8 Å². The number of rotatable bonds is 4. The first-order valence-electron chi connectivity index (χ1n) is 6.71. The molecule has 0 aliphatic carbocycles. The van der Waals surface area contributed by atoms with Gasteiger partial charge in [-0.2, -0.15) is 5.10 Å². The lowest BCUT2D eigenvalue weighted by atomic mass is 10.2. The maximum absolute atomic E-state index is 12.3. The van der Waals surface area contributed by atoms with E-state index in [4.69, 9.17) is 11.6 Å². The van der Waals surface area contributed by atoms with Crippen LogP contribution in [0, 0.1) is 24.0 Å². The van der Waals surface area contributed by atoms with Gasteiger partial charge in [-0.15, -0.1) is 0 Å². The summed E-state index contributed by atoms with van der Waals surface area (Å²) in [7, 11) is 0. The van der Waals surface area contributed by atoms with E-state index in [-0.39, 0.29) is 17.1 Å². The minimum absolute atomic E-state index is 0.0383. The maximum Gasteiger partial charge on any atom is 0.271 e. The number of hydrogen-bond donors (Lipinski definition) is 2. The third kappa shape index (κ3) is 3.26. The van der Waals surface area contributed by atoms with Gasteiger partial charge in [0.2, 0.25) is 5.91 Å². The molecule has 1 unspecified atom stereocenters. The number of phenols is 1. The molecule has 1 aromatic carbocycles. The van der Waals surface area contributed by atoms with E-state index >= 15 is 0 Å². The van der Waals surface area contributed by atoms with Crippen LogP contribution in [0.1, 0.15) is 24.4 Å². The number of anilines is 1. The number of nitrogens with one attached hydrogen (secondary N) is 1. The number of non-ortho nitro benzene ring substituents is 1. The predicted molar refractivity (Wildman–Crippen MR) is 84.8 cm³/mol. The van der Waals surface area contributed by atoms with Crippen LogP contribution in [-0.2, 0) is 4.79 Å². The third-order valence-electron chi connectivity index (χ3n) is 3.43. The second-order valence-electron chi connectivity index (χ2n) is 5.05. The van der Waals surface area contributed by atoms with Gasteiger partial charge >= 0.3 is 0 Å². The second-order valence-corrected chi connectivity index (χ2v) is 5.43. The first-order chi connectivity index (χ1) is 10.7. The van der Waals surface area contributed by atoms with Crippen LogP contribution in [0.15, 0.2) is 18.2 Å². The van der Waals surface area contributed by atoms with Crippen molar-refractivity contribution in [3.63, 3.8) is 0 Å². The largest absolute Gasteiger partial charge is 0.506 e. The van der Waals surface area contributed by atoms with Crippen LogP contribution in [0.5, 0.6) is 5.75 Å². The van der Waals surface area contributed by atoms with Crippen molar-refractivity contribution in [2.75, 3.05) is 5.32 Å². The van der Waals surface area contributed by atoms with Crippen molar-refractivity contribution in [2.24, 2.45) is 0 Å². The molecule has 1 aromatic heterocycles. The Morgan fingerprint density at radius 1 is 1.48 bits per heavy atom. The van der Waals surface area contributed by atoms with Crippen molar-refractivity contribution < 1.29 is 14.8 Å². The van der Waals surface area contributed by atoms with Crippen LogP contribution in [0.2, 0.25) is 5.02 Å². The first-order valence-corrected chi connectivity index (χ1v) is 7.09. The van der Waals surface area contributed by atoms with E-state index in [1.807, 2.05) is 0 Å². The molecular formula is C14H15ClN4O4. The summed E-state index contributed by atoms with van der Waals surface area (Å²) in [6, 6.07) is 2.68. The molecule has 0 aliphatic rings. The predicted octanol–water partition coefficient (Wildman–Crippen LogP) is 2.97. The van der Waals surface area contributed by atoms with Crippen LogP contribution in [0.25, 0.3) is 0 Å². The molecule has 0 saturated heterocycles. The van der Waals surface area contributed by atoms with Gasteiger partial charge in [0.25, 0.3) is 5.69 Å². The van der Waals surface area contributed by atoms with Gasteiger partial charge in [0.05, 0.1) is 27.0 Å². The summed E-state index contributed by atoms with van der Waals surface area (Å²) in [5.74, 6) is -0.745. The Kier molecular flexibility index (Phi) is 4.55. The molecular weight excluding hydrogens is 324 g/mol. The summed E-state index contributed by atoms with van der Waals surface area (Å²) < 4.78 is 1.46. The fraction of sp³-hybridized carbons (Fsp3) is 0.286. The molecule has 1 atom stereocenters.